The molecule has 0 saturated carbocycles. The summed E-state index contributed by atoms with van der Waals surface area (Å²) in [5, 5.41) is 9.04. The van der Waals surface area contributed by atoms with Crippen LogP contribution in [0.5, 0.6) is 0 Å². The molecule has 0 saturated heterocycles. The SMILES string of the molecule is CN(C)CCCNc1nc2sc3c(c2c2ncnn12)CCCC3. The van der Waals surface area contributed by atoms with Gasteiger partial charge in [0.1, 0.15) is 11.2 Å². The lowest BCUT2D eigenvalue weighted by Gasteiger charge is -2.12. The summed E-state index contributed by atoms with van der Waals surface area (Å²) in [6.45, 7) is 1.94. The van der Waals surface area contributed by atoms with Gasteiger partial charge in [-0.1, -0.05) is 0 Å². The maximum atomic E-state index is 4.85. The molecular weight excluding hydrogens is 308 g/mol. The fourth-order valence-corrected chi connectivity index (χ4v) is 4.54. The molecule has 4 rings (SSSR count). The molecule has 1 aliphatic carbocycles. The highest BCUT2D eigenvalue weighted by atomic mass is 32.1. The molecule has 3 heterocycles. The Balaban J connectivity index is 1.72. The molecule has 0 atom stereocenters. The molecule has 0 fully saturated rings. The molecular formula is C16H22N6S. The van der Waals surface area contributed by atoms with Gasteiger partial charge in [0, 0.05) is 11.4 Å². The molecule has 1 aliphatic rings. The molecule has 0 spiro atoms. The third-order valence-electron chi connectivity index (χ3n) is 4.40. The number of hydrogen-bond acceptors (Lipinski definition) is 6. The summed E-state index contributed by atoms with van der Waals surface area (Å²) < 4.78 is 1.86. The summed E-state index contributed by atoms with van der Waals surface area (Å²) in [6, 6.07) is 0. The highest BCUT2D eigenvalue weighted by Gasteiger charge is 2.21. The van der Waals surface area contributed by atoms with Crippen molar-refractivity contribution in [3.05, 3.63) is 16.8 Å². The van der Waals surface area contributed by atoms with Crippen molar-refractivity contribution >= 4 is 33.1 Å². The zero-order valence-electron chi connectivity index (χ0n) is 13.7. The molecule has 0 bridgehead atoms. The van der Waals surface area contributed by atoms with Crippen LogP contribution in [-0.4, -0.2) is 51.7 Å². The van der Waals surface area contributed by atoms with Crippen LogP contribution in [0, 0.1) is 0 Å². The van der Waals surface area contributed by atoms with E-state index in [2.05, 4.69) is 34.4 Å². The first-order chi connectivity index (χ1) is 11.2. The van der Waals surface area contributed by atoms with Crippen molar-refractivity contribution in [3.63, 3.8) is 0 Å². The van der Waals surface area contributed by atoms with Gasteiger partial charge in [0.25, 0.3) is 0 Å². The van der Waals surface area contributed by atoms with E-state index in [0.29, 0.717) is 0 Å². The van der Waals surface area contributed by atoms with E-state index in [4.69, 9.17) is 4.98 Å². The normalized spacial score (nSPS) is 14.7. The van der Waals surface area contributed by atoms with E-state index in [0.717, 1.165) is 42.4 Å². The van der Waals surface area contributed by atoms with Gasteiger partial charge in [0.2, 0.25) is 5.95 Å². The predicted octanol–water partition coefficient (Wildman–Crippen LogP) is 2.58. The van der Waals surface area contributed by atoms with Gasteiger partial charge in [0.05, 0.1) is 5.39 Å². The van der Waals surface area contributed by atoms with E-state index >= 15 is 0 Å². The minimum atomic E-state index is 0.808. The van der Waals surface area contributed by atoms with E-state index in [1.165, 1.54) is 35.1 Å². The largest absolute Gasteiger partial charge is 0.354 e. The first-order valence-electron chi connectivity index (χ1n) is 8.26. The van der Waals surface area contributed by atoms with Gasteiger partial charge in [-0.05, 0) is 58.3 Å². The summed E-state index contributed by atoms with van der Waals surface area (Å²) in [5.41, 5.74) is 2.41. The van der Waals surface area contributed by atoms with Crippen LogP contribution in [0.25, 0.3) is 15.9 Å². The standard InChI is InChI=1S/C16H22N6S/c1-21(2)9-5-8-17-16-20-15-13(14-18-10-19-22(14)16)11-6-3-4-7-12(11)23-15/h10H,3-9H2,1-2H3,(H,17,20). The summed E-state index contributed by atoms with van der Waals surface area (Å²) in [6.07, 6.45) is 7.59. The van der Waals surface area contributed by atoms with Crippen LogP contribution < -0.4 is 5.32 Å². The second-order valence-corrected chi connectivity index (χ2v) is 7.49. The van der Waals surface area contributed by atoms with Crippen molar-refractivity contribution in [2.45, 2.75) is 32.1 Å². The number of thiophene rings is 1. The zero-order chi connectivity index (χ0) is 15.8. The summed E-state index contributed by atoms with van der Waals surface area (Å²) in [5.74, 6) is 0.808. The molecule has 23 heavy (non-hydrogen) atoms. The first-order valence-corrected chi connectivity index (χ1v) is 9.08. The number of rotatable bonds is 5. The van der Waals surface area contributed by atoms with Crippen molar-refractivity contribution in [2.24, 2.45) is 0 Å². The zero-order valence-corrected chi connectivity index (χ0v) is 14.5. The second-order valence-electron chi connectivity index (χ2n) is 6.41. The van der Waals surface area contributed by atoms with Crippen molar-refractivity contribution in [2.75, 3.05) is 32.5 Å². The first kappa shape index (κ1) is 14.8. The Bertz CT molecular complexity index is 834. The maximum absolute atomic E-state index is 4.85. The lowest BCUT2D eigenvalue weighted by molar-refractivity contribution is 0.405. The van der Waals surface area contributed by atoms with Crippen LogP contribution in [0.1, 0.15) is 29.7 Å². The van der Waals surface area contributed by atoms with Gasteiger partial charge in [-0.25, -0.2) is 9.97 Å². The van der Waals surface area contributed by atoms with Gasteiger partial charge >= 0.3 is 0 Å². The maximum Gasteiger partial charge on any atom is 0.227 e. The number of nitrogens with zero attached hydrogens (tertiary/aromatic N) is 5. The number of nitrogens with one attached hydrogen (secondary N) is 1. The monoisotopic (exact) mass is 330 g/mol. The molecule has 3 aromatic heterocycles. The van der Waals surface area contributed by atoms with Crippen molar-refractivity contribution in [1.29, 1.82) is 0 Å². The average Bonchev–Trinajstić information content (AvgIpc) is 3.14. The van der Waals surface area contributed by atoms with Crippen LogP contribution >= 0.6 is 11.3 Å². The molecule has 0 radical (unpaired) electrons. The van der Waals surface area contributed by atoms with Gasteiger partial charge < -0.3 is 10.2 Å². The highest BCUT2D eigenvalue weighted by molar-refractivity contribution is 7.19. The number of aryl methyl sites for hydroxylation is 2. The lowest BCUT2D eigenvalue weighted by atomic mass is 9.97. The fourth-order valence-electron chi connectivity index (χ4n) is 3.28. The molecule has 6 nitrogen and oxygen atoms in total. The lowest BCUT2D eigenvalue weighted by Crippen LogP contribution is -2.17. The van der Waals surface area contributed by atoms with Crippen LogP contribution in [0.2, 0.25) is 0 Å². The average molecular weight is 330 g/mol. The Morgan fingerprint density at radius 1 is 1.30 bits per heavy atom. The van der Waals surface area contributed by atoms with Crippen molar-refractivity contribution in [3.8, 4) is 0 Å². The molecule has 0 aliphatic heterocycles. The van der Waals surface area contributed by atoms with Crippen LogP contribution in [-0.2, 0) is 12.8 Å². The van der Waals surface area contributed by atoms with Gasteiger partial charge in [-0.15, -0.1) is 11.3 Å². The molecule has 7 heteroatoms. The van der Waals surface area contributed by atoms with Crippen LogP contribution in [0.4, 0.5) is 5.95 Å². The predicted molar refractivity (Wildman–Crippen MR) is 94.5 cm³/mol. The Hall–Kier alpha value is -1.73. The Morgan fingerprint density at radius 3 is 3.04 bits per heavy atom. The van der Waals surface area contributed by atoms with Gasteiger partial charge in [-0.3, -0.25) is 0 Å². The van der Waals surface area contributed by atoms with Gasteiger partial charge in [0.15, 0.2) is 5.65 Å². The second kappa shape index (κ2) is 6.05. The molecule has 3 aromatic rings. The van der Waals surface area contributed by atoms with E-state index in [9.17, 15) is 0 Å². The third-order valence-corrected chi connectivity index (χ3v) is 5.58. The topological polar surface area (TPSA) is 58.3 Å². The number of hydrogen-bond donors (Lipinski definition) is 1. The van der Waals surface area contributed by atoms with E-state index in [-0.39, 0.29) is 0 Å². The highest BCUT2D eigenvalue weighted by Crippen LogP contribution is 2.37. The minimum Gasteiger partial charge on any atom is -0.354 e. The molecule has 0 aromatic carbocycles. The molecule has 1 N–H and O–H groups in total. The smallest absolute Gasteiger partial charge is 0.227 e. The van der Waals surface area contributed by atoms with E-state index in [1.807, 2.05) is 15.9 Å². The number of anilines is 1. The van der Waals surface area contributed by atoms with E-state index < -0.39 is 0 Å². The van der Waals surface area contributed by atoms with Crippen LogP contribution in [0.15, 0.2) is 6.33 Å². The fraction of sp³-hybridized carbons (Fsp3) is 0.562. The Morgan fingerprint density at radius 2 is 2.17 bits per heavy atom. The molecule has 0 amide bonds. The number of aromatic nitrogens is 4. The minimum absolute atomic E-state index is 0.808. The third kappa shape index (κ3) is 2.68. The Labute approximate surface area is 139 Å². The summed E-state index contributed by atoms with van der Waals surface area (Å²) >= 11 is 1.84. The van der Waals surface area contributed by atoms with Crippen LogP contribution in [0.3, 0.4) is 0 Å². The molecule has 0 unspecified atom stereocenters. The summed E-state index contributed by atoms with van der Waals surface area (Å²) in [4.78, 5) is 14.2. The Kier molecular flexibility index (Phi) is 3.90. The van der Waals surface area contributed by atoms with E-state index in [1.54, 1.807) is 6.33 Å². The summed E-state index contributed by atoms with van der Waals surface area (Å²) in [7, 11) is 4.19. The molecule has 122 valence electrons. The van der Waals surface area contributed by atoms with Crippen molar-refractivity contribution in [1.82, 2.24) is 24.5 Å². The number of fused-ring (bicyclic) bond motifs is 5. The quantitative estimate of drug-likeness (QED) is 0.729. The van der Waals surface area contributed by atoms with Crippen molar-refractivity contribution < 1.29 is 0 Å². The van der Waals surface area contributed by atoms with Gasteiger partial charge in [-0.2, -0.15) is 9.61 Å².